The molecule has 2 amide bonds. The van der Waals surface area contributed by atoms with E-state index in [1.165, 1.54) is 5.56 Å². The molecule has 2 fully saturated rings. The van der Waals surface area contributed by atoms with Crippen molar-refractivity contribution in [1.29, 1.82) is 0 Å². The second kappa shape index (κ2) is 10.5. The van der Waals surface area contributed by atoms with Gasteiger partial charge in [-0.15, -0.1) is 0 Å². The van der Waals surface area contributed by atoms with Crippen LogP contribution in [-0.2, 0) is 28.9 Å². The lowest BCUT2D eigenvalue weighted by molar-refractivity contribution is 0.0142. The summed E-state index contributed by atoms with van der Waals surface area (Å²) in [5, 5.41) is 7.87. The minimum Gasteiger partial charge on any atom is -0.455 e. The van der Waals surface area contributed by atoms with Crippen LogP contribution in [0.1, 0.15) is 61.1 Å². The zero-order valence-electron chi connectivity index (χ0n) is 22.5. The molecular weight excluding hydrogens is 474 g/mol. The van der Waals surface area contributed by atoms with Crippen LogP contribution >= 0.6 is 0 Å². The first-order valence-electron chi connectivity index (χ1n) is 13.5. The molecule has 5 rings (SSSR count). The van der Waals surface area contributed by atoms with E-state index in [0.29, 0.717) is 25.4 Å². The fourth-order valence-corrected chi connectivity index (χ4v) is 5.31. The monoisotopic (exact) mass is 513 g/mol. The highest BCUT2D eigenvalue weighted by atomic mass is 16.6. The molecule has 0 spiro atoms. The SMILES string of the molecule is Cc1c(C(=O)NC[C@@H]2CCCO2)oc2c1-c1nn(CCN3CCN(C(=O)OC(C)(C)C)CC3)cc1CC2. The van der Waals surface area contributed by atoms with Gasteiger partial charge in [0.15, 0.2) is 5.76 Å². The Morgan fingerprint density at radius 3 is 2.65 bits per heavy atom. The highest BCUT2D eigenvalue weighted by Crippen LogP contribution is 2.38. The summed E-state index contributed by atoms with van der Waals surface area (Å²) >= 11 is 0. The molecule has 0 aromatic carbocycles. The van der Waals surface area contributed by atoms with Crippen molar-refractivity contribution in [3.63, 3.8) is 0 Å². The van der Waals surface area contributed by atoms with Gasteiger partial charge in [-0.3, -0.25) is 14.4 Å². The highest BCUT2D eigenvalue weighted by molar-refractivity contribution is 5.95. The lowest BCUT2D eigenvalue weighted by atomic mass is 9.93. The largest absolute Gasteiger partial charge is 0.455 e. The molecule has 1 N–H and O–H groups in total. The van der Waals surface area contributed by atoms with Crippen molar-refractivity contribution in [2.24, 2.45) is 0 Å². The number of amides is 2. The Morgan fingerprint density at radius 2 is 1.95 bits per heavy atom. The molecule has 4 heterocycles. The van der Waals surface area contributed by atoms with Crippen LogP contribution in [0.15, 0.2) is 10.6 Å². The van der Waals surface area contributed by atoms with Crippen LogP contribution in [0.2, 0.25) is 0 Å². The fraction of sp³-hybridized carbons (Fsp3) is 0.667. The average molecular weight is 514 g/mol. The Labute approximate surface area is 218 Å². The number of rotatable bonds is 6. The van der Waals surface area contributed by atoms with Crippen molar-refractivity contribution in [2.75, 3.05) is 45.9 Å². The Morgan fingerprint density at radius 1 is 1.16 bits per heavy atom. The Hall–Kier alpha value is -2.85. The fourth-order valence-electron chi connectivity index (χ4n) is 5.31. The zero-order valence-corrected chi connectivity index (χ0v) is 22.5. The molecule has 2 saturated heterocycles. The first kappa shape index (κ1) is 25.8. The van der Waals surface area contributed by atoms with Gasteiger partial charge in [0, 0.05) is 69.6 Å². The molecule has 0 unspecified atom stereocenters. The van der Waals surface area contributed by atoms with Gasteiger partial charge < -0.3 is 24.1 Å². The number of carbonyl (C=O) groups excluding carboxylic acids is 2. The molecule has 37 heavy (non-hydrogen) atoms. The summed E-state index contributed by atoms with van der Waals surface area (Å²) in [5.74, 6) is 1.04. The van der Waals surface area contributed by atoms with E-state index in [1.807, 2.05) is 32.4 Å². The summed E-state index contributed by atoms with van der Waals surface area (Å²) in [6.45, 7) is 13.5. The van der Waals surface area contributed by atoms with Gasteiger partial charge in [0.25, 0.3) is 5.91 Å². The second-order valence-corrected chi connectivity index (χ2v) is 11.3. The minimum absolute atomic E-state index is 0.0939. The van der Waals surface area contributed by atoms with Crippen molar-refractivity contribution in [1.82, 2.24) is 24.9 Å². The summed E-state index contributed by atoms with van der Waals surface area (Å²) in [5.41, 5.74) is 3.46. The minimum atomic E-state index is -0.477. The molecule has 2 aromatic heterocycles. The van der Waals surface area contributed by atoms with Crippen LogP contribution in [0.25, 0.3) is 11.3 Å². The normalized spacial score (nSPS) is 20.0. The molecule has 0 bridgehead atoms. The van der Waals surface area contributed by atoms with Crippen molar-refractivity contribution in [3.05, 3.63) is 28.8 Å². The number of aromatic nitrogens is 2. The van der Waals surface area contributed by atoms with Gasteiger partial charge in [0.05, 0.1) is 18.3 Å². The smallest absolute Gasteiger partial charge is 0.410 e. The zero-order chi connectivity index (χ0) is 26.2. The highest BCUT2D eigenvalue weighted by Gasteiger charge is 2.30. The Kier molecular flexibility index (Phi) is 7.31. The quantitative estimate of drug-likeness (QED) is 0.634. The average Bonchev–Trinajstić information content (AvgIpc) is 3.59. The van der Waals surface area contributed by atoms with Crippen LogP contribution in [0, 0.1) is 6.92 Å². The Bertz CT molecular complexity index is 1130. The van der Waals surface area contributed by atoms with Crippen LogP contribution in [0.5, 0.6) is 0 Å². The van der Waals surface area contributed by atoms with E-state index in [2.05, 4.69) is 16.4 Å². The number of furan rings is 1. The summed E-state index contributed by atoms with van der Waals surface area (Å²) in [4.78, 5) is 29.3. The van der Waals surface area contributed by atoms with Gasteiger partial charge in [-0.05, 0) is 52.5 Å². The van der Waals surface area contributed by atoms with E-state index in [1.54, 1.807) is 4.90 Å². The number of piperazine rings is 1. The lowest BCUT2D eigenvalue weighted by Gasteiger charge is -2.35. The second-order valence-electron chi connectivity index (χ2n) is 11.3. The molecule has 0 radical (unpaired) electrons. The maximum atomic E-state index is 12.8. The molecule has 2 aliphatic heterocycles. The summed E-state index contributed by atoms with van der Waals surface area (Å²) in [7, 11) is 0. The third-order valence-corrected chi connectivity index (χ3v) is 7.31. The van der Waals surface area contributed by atoms with Gasteiger partial charge in [0.2, 0.25) is 0 Å². The van der Waals surface area contributed by atoms with E-state index >= 15 is 0 Å². The topological polar surface area (TPSA) is 102 Å². The third kappa shape index (κ3) is 5.85. The summed E-state index contributed by atoms with van der Waals surface area (Å²) < 4.78 is 19.2. The molecule has 1 atom stereocenters. The van der Waals surface area contributed by atoms with Crippen molar-refractivity contribution in [2.45, 2.75) is 71.6 Å². The summed E-state index contributed by atoms with van der Waals surface area (Å²) in [6.07, 6.45) is 5.62. The van der Waals surface area contributed by atoms with Crippen LogP contribution in [0.3, 0.4) is 0 Å². The van der Waals surface area contributed by atoms with Crippen LogP contribution in [-0.4, -0.2) is 89.2 Å². The number of hydrogen-bond acceptors (Lipinski definition) is 7. The first-order chi connectivity index (χ1) is 17.7. The van der Waals surface area contributed by atoms with Gasteiger partial charge in [-0.1, -0.05) is 0 Å². The van der Waals surface area contributed by atoms with E-state index in [-0.39, 0.29) is 18.1 Å². The predicted octanol–water partition coefficient (Wildman–Crippen LogP) is 3.01. The maximum absolute atomic E-state index is 12.8. The molecule has 10 nitrogen and oxygen atoms in total. The van der Waals surface area contributed by atoms with Gasteiger partial charge in [-0.2, -0.15) is 5.10 Å². The molecule has 202 valence electrons. The van der Waals surface area contributed by atoms with Gasteiger partial charge in [-0.25, -0.2) is 4.79 Å². The number of ether oxygens (including phenoxy) is 2. The van der Waals surface area contributed by atoms with Crippen LogP contribution < -0.4 is 5.32 Å². The Balaban J connectivity index is 1.18. The molecule has 3 aliphatic rings. The van der Waals surface area contributed by atoms with Gasteiger partial charge >= 0.3 is 6.09 Å². The molecule has 1 aliphatic carbocycles. The number of hydrogen-bond donors (Lipinski definition) is 1. The standard InChI is InChI=1S/C27H39N5O5/c1-18-22-21(36-24(18)25(33)28-16-20-6-5-15-35-20)8-7-19-17-32(29-23(19)22)14-11-30-9-12-31(13-10-30)26(34)37-27(2,3)4/h17,20H,5-16H2,1-4H3,(H,28,33)/t20-/m0/s1. The van der Waals surface area contributed by atoms with E-state index in [4.69, 9.17) is 19.0 Å². The van der Waals surface area contributed by atoms with Crippen molar-refractivity contribution < 1.29 is 23.5 Å². The number of aryl methyl sites for hydroxylation is 2. The maximum Gasteiger partial charge on any atom is 0.410 e. The number of nitrogens with one attached hydrogen (secondary N) is 1. The first-order valence-corrected chi connectivity index (χ1v) is 13.5. The van der Waals surface area contributed by atoms with E-state index in [9.17, 15) is 9.59 Å². The van der Waals surface area contributed by atoms with Crippen molar-refractivity contribution in [3.8, 4) is 11.3 Å². The van der Waals surface area contributed by atoms with Crippen molar-refractivity contribution >= 4 is 12.0 Å². The molecule has 0 saturated carbocycles. The molecular formula is C27H39N5O5. The van der Waals surface area contributed by atoms with E-state index < -0.39 is 5.60 Å². The molecule has 2 aromatic rings. The molecule has 10 heteroatoms. The van der Waals surface area contributed by atoms with Gasteiger partial charge in [0.1, 0.15) is 11.4 Å². The van der Waals surface area contributed by atoms with Crippen LogP contribution in [0.4, 0.5) is 4.79 Å². The summed E-state index contributed by atoms with van der Waals surface area (Å²) in [6, 6.07) is 0. The predicted molar refractivity (Wildman–Crippen MR) is 138 cm³/mol. The third-order valence-electron chi connectivity index (χ3n) is 7.31. The van der Waals surface area contributed by atoms with E-state index in [0.717, 1.165) is 81.1 Å². The number of carbonyl (C=O) groups is 2. The lowest BCUT2D eigenvalue weighted by Crippen LogP contribution is -2.50. The number of nitrogens with zero attached hydrogens (tertiary/aromatic N) is 4. The number of fused-ring (bicyclic) bond motifs is 3.